The number of fused-ring (bicyclic) bond motifs is 1. The first kappa shape index (κ1) is 17.9. The molecule has 1 unspecified atom stereocenters. The van der Waals surface area contributed by atoms with E-state index in [4.69, 9.17) is 4.74 Å². The van der Waals surface area contributed by atoms with Crippen LogP contribution in [-0.2, 0) is 17.8 Å². The smallest absolute Gasteiger partial charge is 0.337 e. The van der Waals surface area contributed by atoms with Crippen LogP contribution < -0.4 is 10.3 Å². The number of methoxy groups -OCH3 is 1. The summed E-state index contributed by atoms with van der Waals surface area (Å²) in [6.45, 7) is 3.36. The summed E-state index contributed by atoms with van der Waals surface area (Å²) in [7, 11) is 3.40. The lowest BCUT2D eigenvalue weighted by molar-refractivity contribution is -0.907. The van der Waals surface area contributed by atoms with Crippen LogP contribution in [0.3, 0.4) is 0 Å². The largest absolute Gasteiger partial charge is 0.465 e. The van der Waals surface area contributed by atoms with E-state index in [1.165, 1.54) is 17.6 Å². The second-order valence-corrected chi connectivity index (χ2v) is 6.61. The Morgan fingerprint density at radius 1 is 1.12 bits per heavy atom. The molecule has 26 heavy (non-hydrogen) atoms. The first-order chi connectivity index (χ1) is 12.5. The van der Waals surface area contributed by atoms with Crippen LogP contribution in [0.1, 0.15) is 27.2 Å². The van der Waals surface area contributed by atoms with Gasteiger partial charge in [0.25, 0.3) is 0 Å². The van der Waals surface area contributed by atoms with Gasteiger partial charge in [-0.15, -0.1) is 0 Å². The Bertz CT molecular complexity index is 993. The van der Waals surface area contributed by atoms with Crippen molar-refractivity contribution in [3.8, 4) is 0 Å². The molecule has 2 aromatic carbocycles. The highest BCUT2D eigenvalue weighted by atomic mass is 16.5. The van der Waals surface area contributed by atoms with Gasteiger partial charge in [0.05, 0.1) is 25.3 Å². The van der Waals surface area contributed by atoms with Crippen molar-refractivity contribution in [1.82, 2.24) is 4.98 Å². The van der Waals surface area contributed by atoms with Gasteiger partial charge in [-0.05, 0) is 25.1 Å². The number of benzene rings is 2. The van der Waals surface area contributed by atoms with E-state index < -0.39 is 5.97 Å². The summed E-state index contributed by atoms with van der Waals surface area (Å²) in [5, 5.41) is 0.515. The van der Waals surface area contributed by atoms with Gasteiger partial charge in [0.15, 0.2) is 5.43 Å². The number of H-pyrrole nitrogens is 1. The van der Waals surface area contributed by atoms with Crippen LogP contribution in [0.4, 0.5) is 0 Å². The molecule has 0 radical (unpaired) electrons. The molecule has 3 aromatic rings. The minimum absolute atomic E-state index is 0.0329. The minimum Gasteiger partial charge on any atom is -0.465 e. The Kier molecular flexibility index (Phi) is 5.19. The molecule has 1 atom stereocenters. The molecule has 0 saturated heterocycles. The Balaban J connectivity index is 1.94. The summed E-state index contributed by atoms with van der Waals surface area (Å²) < 4.78 is 4.75. The van der Waals surface area contributed by atoms with Crippen LogP contribution in [0.5, 0.6) is 0 Å². The topological polar surface area (TPSA) is 63.6 Å². The van der Waals surface area contributed by atoms with Gasteiger partial charge < -0.3 is 14.6 Å². The van der Waals surface area contributed by atoms with Crippen LogP contribution >= 0.6 is 0 Å². The molecule has 0 aliphatic rings. The number of ether oxygens (including phenoxy) is 1. The maximum absolute atomic E-state index is 13.0. The number of quaternary nitrogens is 1. The van der Waals surface area contributed by atoms with Crippen molar-refractivity contribution in [2.45, 2.75) is 20.0 Å². The van der Waals surface area contributed by atoms with Crippen molar-refractivity contribution < 1.29 is 14.4 Å². The molecule has 0 amide bonds. The number of pyridine rings is 1. The molecule has 0 aliphatic heterocycles. The predicted molar refractivity (Wildman–Crippen MR) is 101 cm³/mol. The highest BCUT2D eigenvalue weighted by Crippen LogP contribution is 2.14. The van der Waals surface area contributed by atoms with E-state index in [9.17, 15) is 9.59 Å². The summed E-state index contributed by atoms with van der Waals surface area (Å²) in [6.07, 6.45) is 0. The lowest BCUT2D eigenvalue weighted by Crippen LogP contribution is -3.06. The zero-order valence-corrected chi connectivity index (χ0v) is 15.3. The SMILES string of the molecule is COC(=O)c1ccc2[nH]c(C)c(C[NH+](C)Cc3ccccc3)c(=O)c2c1. The fourth-order valence-electron chi connectivity index (χ4n) is 3.22. The lowest BCUT2D eigenvalue weighted by atomic mass is 10.1. The van der Waals surface area contributed by atoms with E-state index in [-0.39, 0.29) is 5.43 Å². The van der Waals surface area contributed by atoms with Gasteiger partial charge in [-0.25, -0.2) is 4.79 Å². The summed E-state index contributed by atoms with van der Waals surface area (Å²) in [5.74, 6) is -0.444. The van der Waals surface area contributed by atoms with E-state index >= 15 is 0 Å². The van der Waals surface area contributed by atoms with Gasteiger partial charge in [0, 0.05) is 22.2 Å². The number of carbonyl (C=O) groups excluding carboxylic acids is 1. The molecular weight excluding hydrogens is 328 g/mol. The second kappa shape index (κ2) is 7.54. The number of aromatic nitrogens is 1. The number of hydrogen-bond acceptors (Lipinski definition) is 3. The molecule has 0 spiro atoms. The zero-order chi connectivity index (χ0) is 18.7. The van der Waals surface area contributed by atoms with Crippen molar-refractivity contribution in [3.05, 3.63) is 81.1 Å². The maximum Gasteiger partial charge on any atom is 0.337 e. The van der Waals surface area contributed by atoms with Crippen LogP contribution in [0, 0.1) is 6.92 Å². The number of nitrogens with one attached hydrogen (secondary N) is 2. The quantitative estimate of drug-likeness (QED) is 0.690. The zero-order valence-electron chi connectivity index (χ0n) is 15.3. The molecule has 5 nitrogen and oxygen atoms in total. The van der Waals surface area contributed by atoms with Gasteiger partial charge in [0.1, 0.15) is 13.1 Å². The minimum atomic E-state index is -0.444. The van der Waals surface area contributed by atoms with Gasteiger partial charge >= 0.3 is 5.97 Å². The molecule has 0 fully saturated rings. The van der Waals surface area contributed by atoms with Crippen molar-refractivity contribution >= 4 is 16.9 Å². The Labute approximate surface area is 152 Å². The van der Waals surface area contributed by atoms with Crippen LogP contribution in [0.15, 0.2) is 53.3 Å². The monoisotopic (exact) mass is 351 g/mol. The summed E-state index contributed by atoms with van der Waals surface area (Å²) in [4.78, 5) is 29.3. The highest BCUT2D eigenvalue weighted by Gasteiger charge is 2.16. The third-order valence-corrected chi connectivity index (χ3v) is 4.56. The Hall–Kier alpha value is -2.92. The number of aromatic amines is 1. The first-order valence-corrected chi connectivity index (χ1v) is 8.58. The van der Waals surface area contributed by atoms with Gasteiger partial charge in [0.2, 0.25) is 0 Å². The third kappa shape index (κ3) is 3.68. The van der Waals surface area contributed by atoms with E-state index in [0.717, 1.165) is 23.3 Å². The van der Waals surface area contributed by atoms with Crippen molar-refractivity contribution in [2.75, 3.05) is 14.2 Å². The fourth-order valence-corrected chi connectivity index (χ4v) is 3.22. The number of aryl methyl sites for hydroxylation is 1. The van der Waals surface area contributed by atoms with Gasteiger partial charge in [-0.1, -0.05) is 30.3 Å². The highest BCUT2D eigenvalue weighted by molar-refractivity contribution is 5.94. The molecule has 0 bridgehead atoms. The summed E-state index contributed by atoms with van der Waals surface area (Å²) >= 11 is 0. The maximum atomic E-state index is 13.0. The van der Waals surface area contributed by atoms with E-state index in [2.05, 4.69) is 24.2 Å². The van der Waals surface area contributed by atoms with Gasteiger partial charge in [-0.2, -0.15) is 0 Å². The van der Waals surface area contributed by atoms with Crippen LogP contribution in [-0.4, -0.2) is 25.1 Å². The molecule has 1 heterocycles. The second-order valence-electron chi connectivity index (χ2n) is 6.61. The molecule has 0 aliphatic carbocycles. The molecule has 1 aromatic heterocycles. The summed E-state index contributed by atoms with van der Waals surface area (Å²) in [6, 6.07) is 15.2. The number of hydrogen-bond donors (Lipinski definition) is 2. The molecule has 134 valence electrons. The molecule has 2 N–H and O–H groups in total. The number of rotatable bonds is 5. The van der Waals surface area contributed by atoms with Crippen LogP contribution in [0.25, 0.3) is 10.9 Å². The average Bonchev–Trinajstić information content (AvgIpc) is 2.65. The molecule has 0 saturated carbocycles. The van der Waals surface area contributed by atoms with Crippen molar-refractivity contribution in [3.63, 3.8) is 0 Å². The van der Waals surface area contributed by atoms with Crippen molar-refractivity contribution in [1.29, 1.82) is 0 Å². The van der Waals surface area contributed by atoms with Crippen molar-refractivity contribution in [2.24, 2.45) is 0 Å². The average molecular weight is 351 g/mol. The fraction of sp³-hybridized carbons (Fsp3) is 0.238. The van der Waals surface area contributed by atoms with E-state index in [1.807, 2.05) is 25.1 Å². The number of esters is 1. The molecule has 3 rings (SSSR count). The molecular formula is C21H23N2O3+. The summed E-state index contributed by atoms with van der Waals surface area (Å²) in [5.41, 5.74) is 3.91. The third-order valence-electron chi connectivity index (χ3n) is 4.56. The van der Waals surface area contributed by atoms with Gasteiger partial charge in [-0.3, -0.25) is 4.79 Å². The van der Waals surface area contributed by atoms with E-state index in [0.29, 0.717) is 17.5 Å². The number of carbonyl (C=O) groups is 1. The predicted octanol–water partition coefficient (Wildman–Crippen LogP) is 1.84. The Morgan fingerprint density at radius 3 is 2.54 bits per heavy atom. The molecule has 5 heteroatoms. The normalized spacial score (nSPS) is 12.1. The first-order valence-electron chi connectivity index (χ1n) is 8.58. The Morgan fingerprint density at radius 2 is 1.85 bits per heavy atom. The lowest BCUT2D eigenvalue weighted by Gasteiger charge is -2.16. The standard InChI is InChI=1S/C21H22N2O3/c1-14-18(13-23(2)12-15-7-5-4-6-8-15)20(24)17-11-16(21(25)26-3)9-10-19(17)22-14/h4-11H,12-13H2,1-3H3,(H,22,24)/p+1. The van der Waals surface area contributed by atoms with Crippen LogP contribution in [0.2, 0.25) is 0 Å². The van der Waals surface area contributed by atoms with E-state index in [1.54, 1.807) is 18.2 Å².